The molecular weight excluding hydrogens is 195 g/mol. The van der Waals surface area contributed by atoms with Crippen LogP contribution >= 0.6 is 0 Å². The summed E-state index contributed by atoms with van der Waals surface area (Å²) in [5, 5.41) is 9.71. The van der Waals surface area contributed by atoms with Crippen LogP contribution in [-0.2, 0) is 0 Å². The zero-order chi connectivity index (χ0) is 11.4. The number of phenolic OH excluding ortho intramolecular Hbond substituents is 1. The van der Waals surface area contributed by atoms with Crippen LogP contribution in [0.5, 0.6) is 5.75 Å². The van der Waals surface area contributed by atoms with Crippen LogP contribution in [0.15, 0.2) is 12.1 Å². The Morgan fingerprint density at radius 1 is 1.47 bits per heavy atom. The summed E-state index contributed by atoms with van der Waals surface area (Å²) in [6.07, 6.45) is 1.41. The second-order valence-corrected chi connectivity index (χ2v) is 3.70. The Morgan fingerprint density at radius 3 is 2.73 bits per heavy atom. The third-order valence-electron chi connectivity index (χ3n) is 2.41. The number of aryl methyl sites for hydroxylation is 1. The van der Waals surface area contributed by atoms with Crippen LogP contribution in [0.4, 0.5) is 4.39 Å². The Labute approximate surface area is 88.9 Å². The average molecular weight is 212 g/mol. The summed E-state index contributed by atoms with van der Waals surface area (Å²) in [5.41, 5.74) is 12.2. The van der Waals surface area contributed by atoms with Gasteiger partial charge in [-0.25, -0.2) is 4.39 Å². The van der Waals surface area contributed by atoms with Crippen LogP contribution in [0.25, 0.3) is 0 Å². The number of aromatic hydroxyl groups is 1. The summed E-state index contributed by atoms with van der Waals surface area (Å²) >= 11 is 0. The molecule has 5 N–H and O–H groups in total. The Balaban J connectivity index is 2.92. The molecule has 0 fully saturated rings. The van der Waals surface area contributed by atoms with Gasteiger partial charge in [-0.3, -0.25) is 0 Å². The van der Waals surface area contributed by atoms with E-state index in [0.717, 1.165) is 6.42 Å². The lowest BCUT2D eigenvalue weighted by Crippen LogP contribution is -2.13. The third kappa shape index (κ3) is 2.91. The van der Waals surface area contributed by atoms with E-state index in [9.17, 15) is 9.50 Å². The van der Waals surface area contributed by atoms with E-state index in [2.05, 4.69) is 0 Å². The van der Waals surface area contributed by atoms with E-state index in [0.29, 0.717) is 24.1 Å². The van der Waals surface area contributed by atoms with E-state index in [1.165, 1.54) is 12.1 Å². The van der Waals surface area contributed by atoms with Crippen molar-refractivity contribution in [3.63, 3.8) is 0 Å². The highest BCUT2D eigenvalue weighted by molar-refractivity contribution is 5.41. The molecule has 0 heterocycles. The molecule has 0 radical (unpaired) electrons. The van der Waals surface area contributed by atoms with Gasteiger partial charge < -0.3 is 16.6 Å². The molecule has 4 heteroatoms. The summed E-state index contributed by atoms with van der Waals surface area (Å²) in [6, 6.07) is 2.21. The Kier molecular flexibility index (Phi) is 4.05. The fraction of sp³-hybridized carbons (Fsp3) is 0.455. The number of rotatable bonds is 4. The van der Waals surface area contributed by atoms with E-state index < -0.39 is 0 Å². The molecule has 0 spiro atoms. The minimum absolute atomic E-state index is 0.0842. The molecule has 0 saturated carbocycles. The van der Waals surface area contributed by atoms with Crippen LogP contribution in [0.3, 0.4) is 0 Å². The Bertz CT molecular complexity index is 342. The minimum atomic E-state index is -0.372. The van der Waals surface area contributed by atoms with Crippen molar-refractivity contribution in [2.75, 3.05) is 6.54 Å². The monoisotopic (exact) mass is 212 g/mol. The van der Waals surface area contributed by atoms with Gasteiger partial charge in [-0.2, -0.15) is 0 Å². The van der Waals surface area contributed by atoms with Crippen molar-refractivity contribution in [1.29, 1.82) is 0 Å². The number of hydrogen-bond donors (Lipinski definition) is 3. The molecule has 0 aromatic heterocycles. The van der Waals surface area contributed by atoms with E-state index >= 15 is 0 Å². The van der Waals surface area contributed by atoms with Gasteiger partial charge in [-0.05, 0) is 44.0 Å². The third-order valence-corrected chi connectivity index (χ3v) is 2.41. The van der Waals surface area contributed by atoms with Crippen LogP contribution < -0.4 is 11.5 Å². The Morgan fingerprint density at radius 2 is 2.13 bits per heavy atom. The number of hydrogen-bond acceptors (Lipinski definition) is 3. The molecule has 0 unspecified atom stereocenters. The van der Waals surface area contributed by atoms with Gasteiger partial charge in [-0.15, -0.1) is 0 Å². The van der Waals surface area contributed by atoms with Crippen LogP contribution in [0.2, 0.25) is 0 Å². The first-order valence-electron chi connectivity index (χ1n) is 5.01. The minimum Gasteiger partial charge on any atom is -0.507 e. The first-order valence-corrected chi connectivity index (χ1v) is 5.01. The Hall–Kier alpha value is -1.13. The maximum atomic E-state index is 13.1. The summed E-state index contributed by atoms with van der Waals surface area (Å²) < 4.78 is 13.1. The van der Waals surface area contributed by atoms with Gasteiger partial charge in [0, 0.05) is 11.6 Å². The molecule has 1 rings (SSSR count). The molecule has 3 nitrogen and oxygen atoms in total. The van der Waals surface area contributed by atoms with Crippen molar-refractivity contribution >= 4 is 0 Å². The molecule has 0 bridgehead atoms. The lowest BCUT2D eigenvalue weighted by atomic mass is 9.99. The zero-order valence-electron chi connectivity index (χ0n) is 8.83. The highest BCUT2D eigenvalue weighted by Crippen LogP contribution is 2.29. The molecule has 0 aliphatic heterocycles. The van der Waals surface area contributed by atoms with Gasteiger partial charge in [0.25, 0.3) is 0 Å². The van der Waals surface area contributed by atoms with Crippen molar-refractivity contribution in [1.82, 2.24) is 0 Å². The smallest absolute Gasteiger partial charge is 0.124 e. The SMILES string of the molecule is Cc1cc(F)cc([C@@H](N)CCCN)c1O. The van der Waals surface area contributed by atoms with Gasteiger partial charge in [0.1, 0.15) is 11.6 Å². The van der Waals surface area contributed by atoms with Gasteiger partial charge in [0.05, 0.1) is 0 Å². The average Bonchev–Trinajstić information content (AvgIpc) is 2.19. The summed E-state index contributed by atoms with van der Waals surface area (Å²) in [4.78, 5) is 0. The standard InChI is InChI=1S/C11H17FN2O/c1-7-5-8(12)6-9(11(7)15)10(14)3-2-4-13/h5-6,10,15H,2-4,13-14H2,1H3/t10-/m0/s1. The normalized spacial score (nSPS) is 12.8. The van der Waals surface area contributed by atoms with E-state index in [1.807, 2.05) is 0 Å². The van der Waals surface area contributed by atoms with Crippen LogP contribution in [0, 0.1) is 12.7 Å². The van der Waals surface area contributed by atoms with E-state index in [4.69, 9.17) is 11.5 Å². The lowest BCUT2D eigenvalue weighted by Gasteiger charge is -2.14. The van der Waals surface area contributed by atoms with Crippen LogP contribution in [0.1, 0.15) is 30.0 Å². The van der Waals surface area contributed by atoms with E-state index in [1.54, 1.807) is 6.92 Å². The van der Waals surface area contributed by atoms with Crippen LogP contribution in [-0.4, -0.2) is 11.7 Å². The maximum absolute atomic E-state index is 13.1. The molecular formula is C11H17FN2O. The molecule has 84 valence electrons. The van der Waals surface area contributed by atoms with Crippen molar-refractivity contribution in [2.45, 2.75) is 25.8 Å². The van der Waals surface area contributed by atoms with Gasteiger partial charge in [-0.1, -0.05) is 0 Å². The zero-order valence-corrected chi connectivity index (χ0v) is 8.83. The predicted octanol–water partition coefficient (Wildman–Crippen LogP) is 1.58. The number of halogens is 1. The molecule has 0 saturated heterocycles. The lowest BCUT2D eigenvalue weighted by molar-refractivity contribution is 0.450. The van der Waals surface area contributed by atoms with Crippen molar-refractivity contribution in [3.8, 4) is 5.75 Å². The molecule has 15 heavy (non-hydrogen) atoms. The maximum Gasteiger partial charge on any atom is 0.124 e. The summed E-state index contributed by atoms with van der Waals surface area (Å²) in [7, 11) is 0. The number of phenols is 1. The number of benzene rings is 1. The molecule has 1 atom stereocenters. The molecule has 0 aliphatic carbocycles. The number of nitrogens with two attached hydrogens (primary N) is 2. The first-order chi connectivity index (χ1) is 7.06. The quantitative estimate of drug-likeness (QED) is 0.709. The highest BCUT2D eigenvalue weighted by atomic mass is 19.1. The van der Waals surface area contributed by atoms with Crippen molar-refractivity contribution in [2.24, 2.45) is 11.5 Å². The van der Waals surface area contributed by atoms with E-state index in [-0.39, 0.29) is 17.6 Å². The molecule has 1 aromatic rings. The second kappa shape index (κ2) is 5.09. The van der Waals surface area contributed by atoms with Gasteiger partial charge >= 0.3 is 0 Å². The topological polar surface area (TPSA) is 72.3 Å². The predicted molar refractivity (Wildman–Crippen MR) is 58.0 cm³/mol. The summed E-state index contributed by atoms with van der Waals surface area (Å²) in [5.74, 6) is -0.288. The molecule has 1 aromatic carbocycles. The van der Waals surface area contributed by atoms with Gasteiger partial charge in [0.2, 0.25) is 0 Å². The first kappa shape index (κ1) is 11.9. The highest BCUT2D eigenvalue weighted by Gasteiger charge is 2.13. The molecule has 0 amide bonds. The van der Waals surface area contributed by atoms with Crippen molar-refractivity contribution in [3.05, 3.63) is 29.1 Å². The fourth-order valence-corrected chi connectivity index (χ4v) is 1.54. The van der Waals surface area contributed by atoms with Crippen molar-refractivity contribution < 1.29 is 9.50 Å². The molecule has 0 aliphatic rings. The summed E-state index contributed by atoms with van der Waals surface area (Å²) in [6.45, 7) is 2.19. The van der Waals surface area contributed by atoms with Gasteiger partial charge in [0.15, 0.2) is 0 Å². The second-order valence-electron chi connectivity index (χ2n) is 3.70. The largest absolute Gasteiger partial charge is 0.507 e. The fourth-order valence-electron chi connectivity index (χ4n) is 1.54.